The van der Waals surface area contributed by atoms with Crippen molar-refractivity contribution in [2.24, 2.45) is 0 Å². The number of anilines is 1. The second kappa shape index (κ2) is 6.19. The van der Waals surface area contributed by atoms with Crippen LogP contribution in [-0.2, 0) is 0 Å². The largest absolute Gasteiger partial charge is 0.320 e. The number of nitrogens with zero attached hydrogens (tertiary/aromatic N) is 1. The number of benzene rings is 1. The van der Waals surface area contributed by atoms with Crippen molar-refractivity contribution >= 4 is 61.7 Å². The molecule has 0 atom stereocenters. The summed E-state index contributed by atoms with van der Waals surface area (Å²) in [5.74, 6) is -0.183. The van der Waals surface area contributed by atoms with E-state index >= 15 is 0 Å². The maximum atomic E-state index is 12.2. The Kier molecular flexibility index (Phi) is 4.81. The first-order valence-corrected chi connectivity index (χ1v) is 7.62. The standard InChI is InChI=1S/C13H9BrClIN2O/c1-7-11(4-5-12(15)17-7)18-13(19)9-6-8(16)2-3-10(9)14/h2-6H,1H3,(H,18,19). The smallest absolute Gasteiger partial charge is 0.256 e. The molecule has 0 fully saturated rings. The lowest BCUT2D eigenvalue weighted by Crippen LogP contribution is -2.14. The molecule has 0 aliphatic carbocycles. The molecule has 3 nitrogen and oxygen atoms in total. The Morgan fingerprint density at radius 2 is 2.11 bits per heavy atom. The Balaban J connectivity index is 2.28. The van der Waals surface area contributed by atoms with E-state index in [0.29, 0.717) is 22.1 Å². The van der Waals surface area contributed by atoms with E-state index in [9.17, 15) is 4.79 Å². The van der Waals surface area contributed by atoms with E-state index in [-0.39, 0.29) is 5.91 Å². The molecule has 1 N–H and O–H groups in total. The van der Waals surface area contributed by atoms with E-state index in [4.69, 9.17) is 11.6 Å². The number of nitrogens with one attached hydrogen (secondary N) is 1. The number of hydrogen-bond donors (Lipinski definition) is 1. The molecule has 1 aromatic carbocycles. The first-order valence-electron chi connectivity index (χ1n) is 5.37. The first kappa shape index (κ1) is 14.7. The van der Waals surface area contributed by atoms with Crippen molar-refractivity contribution in [2.45, 2.75) is 6.92 Å². The van der Waals surface area contributed by atoms with E-state index in [0.717, 1.165) is 8.04 Å². The van der Waals surface area contributed by atoms with Gasteiger partial charge in [-0.1, -0.05) is 11.6 Å². The molecule has 19 heavy (non-hydrogen) atoms. The van der Waals surface area contributed by atoms with Crippen molar-refractivity contribution in [3.63, 3.8) is 0 Å². The third-order valence-corrected chi connectivity index (χ3v) is 4.05. The normalized spacial score (nSPS) is 10.3. The van der Waals surface area contributed by atoms with Crippen LogP contribution < -0.4 is 5.32 Å². The average molecular weight is 451 g/mol. The van der Waals surface area contributed by atoms with Gasteiger partial charge >= 0.3 is 0 Å². The zero-order valence-corrected chi connectivity index (χ0v) is 14.4. The van der Waals surface area contributed by atoms with Gasteiger partial charge in [0.1, 0.15) is 5.15 Å². The minimum Gasteiger partial charge on any atom is -0.320 e. The molecule has 1 aromatic heterocycles. The molecule has 0 radical (unpaired) electrons. The predicted molar refractivity (Wildman–Crippen MR) is 88.8 cm³/mol. The zero-order chi connectivity index (χ0) is 14.0. The monoisotopic (exact) mass is 450 g/mol. The molecule has 2 rings (SSSR count). The number of aromatic nitrogens is 1. The van der Waals surface area contributed by atoms with Crippen LogP contribution in [0.1, 0.15) is 16.1 Å². The third kappa shape index (κ3) is 3.67. The molecule has 0 aliphatic heterocycles. The second-order valence-corrected chi connectivity index (χ2v) is 6.33. The summed E-state index contributed by atoms with van der Waals surface area (Å²) in [7, 11) is 0. The van der Waals surface area contributed by atoms with Crippen molar-refractivity contribution in [1.29, 1.82) is 0 Å². The summed E-state index contributed by atoms with van der Waals surface area (Å²) >= 11 is 11.3. The van der Waals surface area contributed by atoms with Crippen molar-refractivity contribution in [2.75, 3.05) is 5.32 Å². The molecule has 0 saturated carbocycles. The molecular weight excluding hydrogens is 442 g/mol. The number of pyridine rings is 1. The maximum Gasteiger partial charge on any atom is 0.256 e. The van der Waals surface area contributed by atoms with Crippen LogP contribution in [0, 0.1) is 10.5 Å². The summed E-state index contributed by atoms with van der Waals surface area (Å²) in [5.41, 5.74) is 1.92. The lowest BCUT2D eigenvalue weighted by molar-refractivity contribution is 0.102. The minimum atomic E-state index is -0.183. The van der Waals surface area contributed by atoms with Crippen molar-refractivity contribution in [3.05, 3.63) is 54.8 Å². The number of rotatable bonds is 2. The van der Waals surface area contributed by atoms with E-state index < -0.39 is 0 Å². The SMILES string of the molecule is Cc1nc(Cl)ccc1NC(=O)c1cc(I)ccc1Br. The lowest BCUT2D eigenvalue weighted by Gasteiger charge is -2.09. The van der Waals surface area contributed by atoms with E-state index in [1.54, 1.807) is 19.1 Å². The highest BCUT2D eigenvalue weighted by Crippen LogP contribution is 2.22. The minimum absolute atomic E-state index is 0.183. The number of carbonyl (C=O) groups is 1. The number of hydrogen-bond acceptors (Lipinski definition) is 2. The third-order valence-electron chi connectivity index (χ3n) is 2.47. The topological polar surface area (TPSA) is 42.0 Å². The van der Waals surface area contributed by atoms with Gasteiger partial charge < -0.3 is 5.32 Å². The number of amides is 1. The molecule has 0 bridgehead atoms. The van der Waals surface area contributed by atoms with Gasteiger partial charge in [0.15, 0.2) is 0 Å². The van der Waals surface area contributed by atoms with Gasteiger partial charge in [-0.15, -0.1) is 0 Å². The van der Waals surface area contributed by atoms with Crippen molar-refractivity contribution in [1.82, 2.24) is 4.98 Å². The zero-order valence-electron chi connectivity index (χ0n) is 9.88. The van der Waals surface area contributed by atoms with Crippen LogP contribution in [0.3, 0.4) is 0 Å². The van der Waals surface area contributed by atoms with Gasteiger partial charge in [-0.3, -0.25) is 4.79 Å². The van der Waals surface area contributed by atoms with Gasteiger partial charge in [0.2, 0.25) is 0 Å². The Labute approximate surface area is 138 Å². The molecule has 98 valence electrons. The van der Waals surface area contributed by atoms with Crippen LogP contribution in [-0.4, -0.2) is 10.9 Å². The van der Waals surface area contributed by atoms with Gasteiger partial charge in [0.25, 0.3) is 5.91 Å². The van der Waals surface area contributed by atoms with E-state index in [1.165, 1.54) is 0 Å². The molecule has 1 heterocycles. The van der Waals surface area contributed by atoms with Crippen LogP contribution in [0.15, 0.2) is 34.8 Å². The predicted octanol–water partition coefficient (Wildman–Crippen LogP) is 4.66. The molecule has 6 heteroatoms. The summed E-state index contributed by atoms with van der Waals surface area (Å²) < 4.78 is 1.75. The molecule has 2 aromatic rings. The van der Waals surface area contributed by atoms with Crippen LogP contribution in [0.25, 0.3) is 0 Å². The number of halogens is 3. The Hall–Kier alpha value is -0.660. The van der Waals surface area contributed by atoms with Crippen LogP contribution in [0.5, 0.6) is 0 Å². The van der Waals surface area contributed by atoms with Gasteiger partial charge in [-0.25, -0.2) is 4.98 Å². The highest BCUT2D eigenvalue weighted by Gasteiger charge is 2.12. The second-order valence-electron chi connectivity index (χ2n) is 3.85. The van der Waals surface area contributed by atoms with Gasteiger partial charge in [0, 0.05) is 8.04 Å². The molecule has 0 unspecified atom stereocenters. The van der Waals surface area contributed by atoms with E-state index in [1.807, 2.05) is 18.2 Å². The van der Waals surface area contributed by atoms with Gasteiger partial charge in [-0.2, -0.15) is 0 Å². The fraction of sp³-hybridized carbons (Fsp3) is 0.0769. The quantitative estimate of drug-likeness (QED) is 0.533. The molecular formula is C13H9BrClIN2O. The number of carbonyl (C=O) groups excluding carboxylic acids is 1. The van der Waals surface area contributed by atoms with E-state index in [2.05, 4.69) is 48.8 Å². The molecule has 0 aliphatic rings. The molecule has 1 amide bonds. The fourth-order valence-corrected chi connectivity index (χ4v) is 2.63. The Bertz CT molecular complexity index is 649. The fourth-order valence-electron chi connectivity index (χ4n) is 1.52. The van der Waals surface area contributed by atoms with Crippen molar-refractivity contribution < 1.29 is 4.79 Å². The summed E-state index contributed by atoms with van der Waals surface area (Å²) in [6.07, 6.45) is 0. The maximum absolute atomic E-state index is 12.2. The Morgan fingerprint density at radius 3 is 2.79 bits per heavy atom. The summed E-state index contributed by atoms with van der Waals surface area (Å²) in [5, 5.41) is 3.24. The van der Waals surface area contributed by atoms with Crippen molar-refractivity contribution in [3.8, 4) is 0 Å². The Morgan fingerprint density at radius 1 is 1.37 bits per heavy atom. The summed E-state index contributed by atoms with van der Waals surface area (Å²) in [4.78, 5) is 16.3. The highest BCUT2D eigenvalue weighted by atomic mass is 127. The lowest BCUT2D eigenvalue weighted by atomic mass is 10.2. The highest BCUT2D eigenvalue weighted by molar-refractivity contribution is 14.1. The number of aryl methyl sites for hydroxylation is 1. The van der Waals surface area contributed by atoms with Crippen LogP contribution in [0.4, 0.5) is 5.69 Å². The summed E-state index contributed by atoms with van der Waals surface area (Å²) in [6, 6.07) is 8.98. The summed E-state index contributed by atoms with van der Waals surface area (Å²) in [6.45, 7) is 1.80. The van der Waals surface area contributed by atoms with Crippen LogP contribution in [0.2, 0.25) is 5.15 Å². The molecule has 0 saturated heterocycles. The van der Waals surface area contributed by atoms with Crippen LogP contribution >= 0.6 is 50.1 Å². The first-order chi connectivity index (χ1) is 8.97. The molecule has 0 spiro atoms. The van der Waals surface area contributed by atoms with Gasteiger partial charge in [-0.05, 0) is 75.8 Å². The van der Waals surface area contributed by atoms with Gasteiger partial charge in [0.05, 0.1) is 16.9 Å². The average Bonchev–Trinajstić information content (AvgIpc) is 2.35.